The molecule has 0 bridgehead atoms. The van der Waals surface area contributed by atoms with E-state index >= 15 is 0 Å². The van der Waals surface area contributed by atoms with Crippen molar-refractivity contribution >= 4 is 21.6 Å². The molecule has 3 aromatic carbocycles. The molecule has 0 radical (unpaired) electrons. The number of halogens is 1. The van der Waals surface area contributed by atoms with Crippen LogP contribution in [-0.4, -0.2) is 5.11 Å². The molecule has 4 heteroatoms. The molecule has 0 heterocycles. The van der Waals surface area contributed by atoms with Gasteiger partial charge in [-0.2, -0.15) is 0 Å². The fraction of sp³-hybridized carbons (Fsp3) is 0.100. The zero-order valence-electron chi connectivity index (χ0n) is 13.1. The second-order valence-corrected chi connectivity index (χ2v) is 6.29. The molecule has 3 aromatic rings. The molecule has 0 saturated carbocycles. The minimum absolute atomic E-state index is 0.267. The molecule has 0 spiro atoms. The molecule has 122 valence electrons. The average molecular weight is 384 g/mol. The Kier molecular flexibility index (Phi) is 5.39. The number of aromatic hydroxyl groups is 1. The minimum Gasteiger partial charge on any atom is -0.508 e. The van der Waals surface area contributed by atoms with Gasteiger partial charge in [-0.25, -0.2) is 0 Å². The maximum atomic E-state index is 9.29. The summed E-state index contributed by atoms with van der Waals surface area (Å²) < 4.78 is 6.79. The van der Waals surface area contributed by atoms with Crippen LogP contribution in [-0.2, 0) is 13.2 Å². The highest BCUT2D eigenvalue weighted by Gasteiger charge is 2.04. The van der Waals surface area contributed by atoms with Gasteiger partial charge in [0, 0.05) is 12.2 Å². The third-order valence-corrected chi connectivity index (χ3v) is 4.22. The van der Waals surface area contributed by atoms with Gasteiger partial charge in [-0.05, 0) is 63.5 Å². The van der Waals surface area contributed by atoms with Crippen LogP contribution in [0.2, 0.25) is 0 Å². The lowest BCUT2D eigenvalue weighted by atomic mass is 10.2. The van der Waals surface area contributed by atoms with E-state index < -0.39 is 0 Å². The standard InChI is InChI=1S/C20H18BrNO2/c21-19-12-16(13-22-17-7-9-18(23)10-8-17)6-11-20(19)24-14-15-4-2-1-3-5-15/h1-12,22-23H,13-14H2. The van der Waals surface area contributed by atoms with Crippen molar-refractivity contribution in [3.05, 3.63) is 88.4 Å². The number of phenols is 1. The summed E-state index contributed by atoms with van der Waals surface area (Å²) >= 11 is 3.57. The normalized spacial score (nSPS) is 10.4. The molecule has 3 rings (SSSR count). The van der Waals surface area contributed by atoms with Crippen LogP contribution in [0.15, 0.2) is 77.3 Å². The van der Waals surface area contributed by atoms with Crippen molar-refractivity contribution in [2.75, 3.05) is 5.32 Å². The molecule has 0 aliphatic heterocycles. The summed E-state index contributed by atoms with van der Waals surface area (Å²) in [7, 11) is 0. The van der Waals surface area contributed by atoms with Gasteiger partial charge in [-0.3, -0.25) is 0 Å². The van der Waals surface area contributed by atoms with E-state index in [0.29, 0.717) is 13.2 Å². The topological polar surface area (TPSA) is 41.5 Å². The Balaban J connectivity index is 1.58. The van der Waals surface area contributed by atoms with Crippen LogP contribution in [0.5, 0.6) is 11.5 Å². The molecule has 0 fully saturated rings. The number of rotatable bonds is 6. The van der Waals surface area contributed by atoms with E-state index in [2.05, 4.69) is 21.2 Å². The van der Waals surface area contributed by atoms with Crippen LogP contribution < -0.4 is 10.1 Å². The smallest absolute Gasteiger partial charge is 0.134 e. The summed E-state index contributed by atoms with van der Waals surface area (Å²) in [6.45, 7) is 1.24. The molecule has 0 aromatic heterocycles. The number of phenolic OH excluding ortho intramolecular Hbond substituents is 1. The Hall–Kier alpha value is -2.46. The lowest BCUT2D eigenvalue weighted by Gasteiger charge is -2.11. The molecule has 0 amide bonds. The number of anilines is 1. The first-order valence-electron chi connectivity index (χ1n) is 7.69. The van der Waals surface area contributed by atoms with Crippen LogP contribution in [0.3, 0.4) is 0 Å². The summed E-state index contributed by atoms with van der Waals surface area (Å²) in [5, 5.41) is 12.6. The first-order chi connectivity index (χ1) is 11.7. The second-order valence-electron chi connectivity index (χ2n) is 5.44. The van der Waals surface area contributed by atoms with Crippen molar-refractivity contribution in [3.63, 3.8) is 0 Å². The van der Waals surface area contributed by atoms with Crippen molar-refractivity contribution in [2.45, 2.75) is 13.2 Å². The number of ether oxygens (including phenoxy) is 1. The highest BCUT2D eigenvalue weighted by atomic mass is 79.9. The largest absolute Gasteiger partial charge is 0.508 e. The van der Waals surface area contributed by atoms with Crippen molar-refractivity contribution < 1.29 is 9.84 Å². The monoisotopic (exact) mass is 383 g/mol. The van der Waals surface area contributed by atoms with E-state index in [0.717, 1.165) is 27.0 Å². The third kappa shape index (κ3) is 4.52. The van der Waals surface area contributed by atoms with Gasteiger partial charge in [0.1, 0.15) is 18.1 Å². The van der Waals surface area contributed by atoms with Crippen LogP contribution in [0.25, 0.3) is 0 Å². The van der Waals surface area contributed by atoms with E-state index in [4.69, 9.17) is 4.74 Å². The Morgan fingerprint density at radius 3 is 2.33 bits per heavy atom. The Morgan fingerprint density at radius 2 is 1.62 bits per heavy atom. The summed E-state index contributed by atoms with van der Waals surface area (Å²) in [5.41, 5.74) is 3.25. The van der Waals surface area contributed by atoms with E-state index in [1.807, 2.05) is 60.7 Å². The zero-order chi connectivity index (χ0) is 16.8. The van der Waals surface area contributed by atoms with Gasteiger partial charge in [-0.15, -0.1) is 0 Å². The fourth-order valence-electron chi connectivity index (χ4n) is 2.29. The molecule has 2 N–H and O–H groups in total. The van der Waals surface area contributed by atoms with Gasteiger partial charge in [0.15, 0.2) is 0 Å². The molecule has 3 nitrogen and oxygen atoms in total. The zero-order valence-corrected chi connectivity index (χ0v) is 14.7. The van der Waals surface area contributed by atoms with Gasteiger partial charge >= 0.3 is 0 Å². The number of nitrogens with one attached hydrogen (secondary N) is 1. The summed E-state index contributed by atoms with van der Waals surface area (Å²) in [6.07, 6.45) is 0. The van der Waals surface area contributed by atoms with Crippen LogP contribution in [0.4, 0.5) is 5.69 Å². The molecule has 0 atom stereocenters. The van der Waals surface area contributed by atoms with Gasteiger partial charge in [-0.1, -0.05) is 36.4 Å². The maximum absolute atomic E-state index is 9.29. The fourth-order valence-corrected chi connectivity index (χ4v) is 2.83. The molecular weight excluding hydrogens is 366 g/mol. The Morgan fingerprint density at radius 1 is 0.875 bits per heavy atom. The van der Waals surface area contributed by atoms with Crippen molar-refractivity contribution in [2.24, 2.45) is 0 Å². The molecule has 0 saturated heterocycles. The van der Waals surface area contributed by atoms with Crippen molar-refractivity contribution in [1.82, 2.24) is 0 Å². The minimum atomic E-state index is 0.267. The quantitative estimate of drug-likeness (QED) is 0.564. The molecule has 24 heavy (non-hydrogen) atoms. The van der Waals surface area contributed by atoms with Crippen LogP contribution in [0, 0.1) is 0 Å². The summed E-state index contributed by atoms with van der Waals surface area (Å²) in [6, 6.07) is 23.2. The van der Waals surface area contributed by atoms with E-state index in [1.54, 1.807) is 12.1 Å². The number of hydrogen-bond acceptors (Lipinski definition) is 3. The summed E-state index contributed by atoms with van der Waals surface area (Å²) in [5.74, 6) is 1.09. The SMILES string of the molecule is Oc1ccc(NCc2ccc(OCc3ccccc3)c(Br)c2)cc1. The van der Waals surface area contributed by atoms with Crippen LogP contribution in [0.1, 0.15) is 11.1 Å². The third-order valence-electron chi connectivity index (χ3n) is 3.60. The lowest BCUT2D eigenvalue weighted by Crippen LogP contribution is -2.00. The highest BCUT2D eigenvalue weighted by molar-refractivity contribution is 9.10. The van der Waals surface area contributed by atoms with Gasteiger partial charge < -0.3 is 15.2 Å². The van der Waals surface area contributed by atoms with Gasteiger partial charge in [0.25, 0.3) is 0 Å². The summed E-state index contributed by atoms with van der Waals surface area (Å²) in [4.78, 5) is 0. The highest BCUT2D eigenvalue weighted by Crippen LogP contribution is 2.27. The first kappa shape index (κ1) is 16.4. The molecule has 0 aliphatic rings. The Labute approximate surface area is 150 Å². The lowest BCUT2D eigenvalue weighted by molar-refractivity contribution is 0.304. The molecule has 0 aliphatic carbocycles. The average Bonchev–Trinajstić information content (AvgIpc) is 2.61. The van der Waals surface area contributed by atoms with E-state index in [9.17, 15) is 5.11 Å². The van der Waals surface area contributed by atoms with Gasteiger partial charge in [0.05, 0.1) is 4.47 Å². The van der Waals surface area contributed by atoms with Crippen molar-refractivity contribution in [3.8, 4) is 11.5 Å². The number of benzene rings is 3. The Bertz CT molecular complexity index is 788. The van der Waals surface area contributed by atoms with E-state index in [1.165, 1.54) is 0 Å². The maximum Gasteiger partial charge on any atom is 0.134 e. The molecule has 0 unspecified atom stereocenters. The van der Waals surface area contributed by atoms with Crippen molar-refractivity contribution in [1.29, 1.82) is 0 Å². The predicted molar refractivity (Wildman–Crippen MR) is 100 cm³/mol. The van der Waals surface area contributed by atoms with E-state index in [-0.39, 0.29) is 5.75 Å². The molecular formula is C20H18BrNO2. The number of hydrogen-bond donors (Lipinski definition) is 2. The first-order valence-corrected chi connectivity index (χ1v) is 8.48. The van der Waals surface area contributed by atoms with Gasteiger partial charge in [0.2, 0.25) is 0 Å². The predicted octanol–water partition coefficient (Wildman–Crippen LogP) is 5.35. The second kappa shape index (κ2) is 7.88. The van der Waals surface area contributed by atoms with Crippen LogP contribution >= 0.6 is 15.9 Å².